The van der Waals surface area contributed by atoms with Crippen molar-refractivity contribution >= 4 is 0 Å². The fraction of sp³-hybridized carbons (Fsp3) is 0.727. The smallest absolute Gasteiger partial charge is 0.0762 e. The second-order valence-electron chi connectivity index (χ2n) is 3.86. The topological polar surface area (TPSA) is 50.1 Å². The summed E-state index contributed by atoms with van der Waals surface area (Å²) in [6, 6.07) is 2.01. The van der Waals surface area contributed by atoms with Crippen molar-refractivity contribution in [1.29, 1.82) is 0 Å². The monoisotopic (exact) mass is 211 g/mol. The van der Waals surface area contributed by atoms with Crippen LogP contribution in [0.2, 0.25) is 0 Å². The zero-order chi connectivity index (χ0) is 11.1. The summed E-state index contributed by atoms with van der Waals surface area (Å²) in [6.07, 6.45) is 4.55. The third kappa shape index (κ3) is 4.95. The molecular formula is C11H21N3O. The molecule has 1 unspecified atom stereocenters. The van der Waals surface area contributed by atoms with Crippen LogP contribution in [0.1, 0.15) is 31.9 Å². The zero-order valence-corrected chi connectivity index (χ0v) is 9.61. The van der Waals surface area contributed by atoms with Crippen LogP contribution in [0.15, 0.2) is 12.3 Å². The second kappa shape index (κ2) is 6.58. The molecule has 0 amide bonds. The minimum absolute atomic E-state index is 0.137. The van der Waals surface area contributed by atoms with E-state index >= 15 is 0 Å². The summed E-state index contributed by atoms with van der Waals surface area (Å²) in [7, 11) is 1.92. The van der Waals surface area contributed by atoms with Gasteiger partial charge in [0.25, 0.3) is 0 Å². The van der Waals surface area contributed by atoms with Crippen LogP contribution in [0.25, 0.3) is 0 Å². The van der Waals surface area contributed by atoms with Gasteiger partial charge >= 0.3 is 0 Å². The number of aromatic nitrogens is 2. The van der Waals surface area contributed by atoms with Crippen molar-refractivity contribution in [1.82, 2.24) is 15.1 Å². The van der Waals surface area contributed by atoms with Crippen LogP contribution in [-0.4, -0.2) is 27.5 Å². The van der Waals surface area contributed by atoms with Crippen molar-refractivity contribution in [3.8, 4) is 0 Å². The van der Waals surface area contributed by atoms with Crippen LogP contribution in [0.3, 0.4) is 0 Å². The molecule has 0 aliphatic carbocycles. The Hall–Kier alpha value is -0.870. The fourth-order valence-electron chi connectivity index (χ4n) is 1.44. The molecule has 0 saturated carbocycles. The number of aliphatic hydroxyl groups excluding tert-OH is 1. The zero-order valence-electron chi connectivity index (χ0n) is 9.61. The molecule has 4 heteroatoms. The van der Waals surface area contributed by atoms with Crippen molar-refractivity contribution in [3.05, 3.63) is 18.0 Å². The van der Waals surface area contributed by atoms with Gasteiger partial charge in [-0.05, 0) is 31.9 Å². The summed E-state index contributed by atoms with van der Waals surface area (Å²) < 4.78 is 1.80. The van der Waals surface area contributed by atoms with E-state index in [0.29, 0.717) is 0 Å². The van der Waals surface area contributed by atoms with Gasteiger partial charge in [-0.3, -0.25) is 4.68 Å². The van der Waals surface area contributed by atoms with E-state index in [1.807, 2.05) is 26.2 Å². The van der Waals surface area contributed by atoms with Crippen molar-refractivity contribution in [3.63, 3.8) is 0 Å². The Bertz CT molecular complexity index is 273. The van der Waals surface area contributed by atoms with E-state index < -0.39 is 0 Å². The Labute approximate surface area is 91.3 Å². The summed E-state index contributed by atoms with van der Waals surface area (Å²) >= 11 is 0. The van der Waals surface area contributed by atoms with E-state index in [4.69, 9.17) is 0 Å². The molecular weight excluding hydrogens is 190 g/mol. The van der Waals surface area contributed by atoms with Crippen LogP contribution >= 0.6 is 0 Å². The SMILES string of the molecule is CCC(O)CCCNCc1ccn(C)n1. The van der Waals surface area contributed by atoms with Gasteiger partial charge in [-0.1, -0.05) is 6.92 Å². The third-order valence-electron chi connectivity index (χ3n) is 2.44. The van der Waals surface area contributed by atoms with Crippen LogP contribution in [-0.2, 0) is 13.6 Å². The number of hydrogen-bond acceptors (Lipinski definition) is 3. The quantitative estimate of drug-likeness (QED) is 0.663. The lowest BCUT2D eigenvalue weighted by Crippen LogP contribution is -2.17. The number of rotatable bonds is 7. The molecule has 2 N–H and O–H groups in total. The molecule has 0 aliphatic rings. The minimum Gasteiger partial charge on any atom is -0.393 e. The normalized spacial score (nSPS) is 13.0. The Balaban J connectivity index is 2.02. The summed E-state index contributed by atoms with van der Waals surface area (Å²) in [5.41, 5.74) is 1.06. The van der Waals surface area contributed by atoms with Crippen molar-refractivity contribution in [2.45, 2.75) is 38.8 Å². The summed E-state index contributed by atoms with van der Waals surface area (Å²) in [5.74, 6) is 0. The van der Waals surface area contributed by atoms with E-state index in [9.17, 15) is 5.11 Å². The molecule has 0 radical (unpaired) electrons. The van der Waals surface area contributed by atoms with Crippen molar-refractivity contribution < 1.29 is 5.11 Å². The third-order valence-corrected chi connectivity index (χ3v) is 2.44. The van der Waals surface area contributed by atoms with Gasteiger partial charge in [-0.25, -0.2) is 0 Å². The maximum atomic E-state index is 9.33. The van der Waals surface area contributed by atoms with Crippen molar-refractivity contribution in [2.24, 2.45) is 7.05 Å². The average Bonchev–Trinajstić information content (AvgIpc) is 2.63. The van der Waals surface area contributed by atoms with Crippen LogP contribution in [0, 0.1) is 0 Å². The van der Waals surface area contributed by atoms with Gasteiger partial charge in [0.1, 0.15) is 0 Å². The first-order chi connectivity index (χ1) is 7.22. The maximum absolute atomic E-state index is 9.33. The molecule has 15 heavy (non-hydrogen) atoms. The second-order valence-corrected chi connectivity index (χ2v) is 3.86. The highest BCUT2D eigenvalue weighted by atomic mass is 16.3. The summed E-state index contributed by atoms with van der Waals surface area (Å²) in [6.45, 7) is 3.75. The molecule has 1 aromatic heterocycles. The Morgan fingerprint density at radius 1 is 1.60 bits per heavy atom. The van der Waals surface area contributed by atoms with Gasteiger partial charge in [0.15, 0.2) is 0 Å². The van der Waals surface area contributed by atoms with Crippen LogP contribution < -0.4 is 5.32 Å². The largest absolute Gasteiger partial charge is 0.393 e. The van der Waals surface area contributed by atoms with Gasteiger partial charge in [-0.15, -0.1) is 0 Å². The van der Waals surface area contributed by atoms with Gasteiger partial charge < -0.3 is 10.4 Å². The molecule has 0 spiro atoms. The van der Waals surface area contributed by atoms with E-state index in [2.05, 4.69) is 10.4 Å². The molecule has 0 bridgehead atoms. The number of nitrogens with zero attached hydrogens (tertiary/aromatic N) is 2. The predicted molar refractivity (Wildman–Crippen MR) is 60.4 cm³/mol. The molecule has 1 heterocycles. The Morgan fingerprint density at radius 2 is 2.40 bits per heavy atom. The molecule has 4 nitrogen and oxygen atoms in total. The first-order valence-corrected chi connectivity index (χ1v) is 5.59. The minimum atomic E-state index is -0.137. The highest BCUT2D eigenvalue weighted by Crippen LogP contribution is 2.00. The van der Waals surface area contributed by atoms with Gasteiger partial charge in [0.2, 0.25) is 0 Å². The van der Waals surface area contributed by atoms with Crippen LogP contribution in [0.4, 0.5) is 0 Å². The summed E-state index contributed by atoms with van der Waals surface area (Å²) in [5, 5.41) is 16.9. The molecule has 1 atom stereocenters. The Kier molecular flexibility index (Phi) is 5.36. The van der Waals surface area contributed by atoms with E-state index in [1.165, 1.54) is 0 Å². The number of aliphatic hydroxyl groups is 1. The first-order valence-electron chi connectivity index (χ1n) is 5.59. The predicted octanol–water partition coefficient (Wildman–Crippen LogP) is 1.06. The average molecular weight is 211 g/mol. The van der Waals surface area contributed by atoms with Crippen molar-refractivity contribution in [2.75, 3.05) is 6.54 Å². The van der Waals surface area contributed by atoms with E-state index in [1.54, 1.807) is 4.68 Å². The first kappa shape index (κ1) is 12.2. The van der Waals surface area contributed by atoms with Gasteiger partial charge in [0.05, 0.1) is 11.8 Å². The van der Waals surface area contributed by atoms with E-state index in [-0.39, 0.29) is 6.10 Å². The number of aryl methyl sites for hydroxylation is 1. The highest BCUT2D eigenvalue weighted by molar-refractivity contribution is 4.97. The van der Waals surface area contributed by atoms with Crippen LogP contribution in [0.5, 0.6) is 0 Å². The lowest BCUT2D eigenvalue weighted by Gasteiger charge is -2.07. The Morgan fingerprint density at radius 3 is 3.00 bits per heavy atom. The molecule has 0 aliphatic heterocycles. The summed E-state index contributed by atoms with van der Waals surface area (Å²) in [4.78, 5) is 0. The lowest BCUT2D eigenvalue weighted by atomic mass is 10.1. The molecule has 0 aromatic carbocycles. The number of hydrogen-bond donors (Lipinski definition) is 2. The molecule has 1 aromatic rings. The standard InChI is InChI=1S/C11H21N3O/c1-3-11(15)5-4-7-12-9-10-6-8-14(2)13-10/h6,8,11-12,15H,3-5,7,9H2,1-2H3. The molecule has 0 saturated heterocycles. The maximum Gasteiger partial charge on any atom is 0.0762 e. The molecule has 1 rings (SSSR count). The van der Waals surface area contributed by atoms with Gasteiger partial charge in [0, 0.05) is 19.8 Å². The fourth-order valence-corrected chi connectivity index (χ4v) is 1.44. The number of nitrogens with one attached hydrogen (secondary N) is 1. The molecule has 0 fully saturated rings. The van der Waals surface area contributed by atoms with E-state index in [0.717, 1.165) is 38.0 Å². The molecule has 86 valence electrons. The van der Waals surface area contributed by atoms with Gasteiger partial charge in [-0.2, -0.15) is 5.10 Å². The highest BCUT2D eigenvalue weighted by Gasteiger charge is 2.00. The lowest BCUT2D eigenvalue weighted by molar-refractivity contribution is 0.157.